The second-order valence-corrected chi connectivity index (χ2v) is 4.87. The second kappa shape index (κ2) is 5.48. The van der Waals surface area contributed by atoms with Crippen molar-refractivity contribution < 1.29 is 0 Å². The summed E-state index contributed by atoms with van der Waals surface area (Å²) in [5, 5.41) is 4.53. The van der Waals surface area contributed by atoms with Gasteiger partial charge >= 0.3 is 0 Å². The Bertz CT molecular complexity index is 616. The van der Waals surface area contributed by atoms with E-state index < -0.39 is 0 Å². The number of aryl methyl sites for hydroxylation is 3. The van der Waals surface area contributed by atoms with Crippen LogP contribution in [0, 0.1) is 6.92 Å². The summed E-state index contributed by atoms with van der Waals surface area (Å²) in [4.78, 5) is 4.94. The minimum Gasteiger partial charge on any atom is -0.389 e. The molecule has 0 aliphatic rings. The van der Waals surface area contributed by atoms with E-state index in [4.69, 9.17) is 18.0 Å². The monoisotopic (exact) mass is 274 g/mol. The Labute approximate surface area is 118 Å². The molecule has 0 saturated heterocycles. The molecule has 0 radical (unpaired) electrons. The molecule has 0 unspecified atom stereocenters. The third-order valence-electron chi connectivity index (χ3n) is 3.07. The van der Waals surface area contributed by atoms with Crippen molar-refractivity contribution in [3.05, 3.63) is 41.0 Å². The van der Waals surface area contributed by atoms with Crippen LogP contribution in [0.4, 0.5) is 0 Å². The minimum atomic E-state index is 0.424. The van der Waals surface area contributed by atoms with Gasteiger partial charge in [-0.05, 0) is 30.7 Å². The first-order valence-corrected chi connectivity index (χ1v) is 6.83. The Morgan fingerprint density at radius 2 is 2.05 bits per heavy atom. The lowest BCUT2D eigenvalue weighted by Crippen LogP contribution is -2.12. The molecule has 1 aromatic carbocycles. The lowest BCUT2D eigenvalue weighted by atomic mass is 10.1. The van der Waals surface area contributed by atoms with Crippen molar-refractivity contribution in [2.45, 2.75) is 33.6 Å². The zero-order chi connectivity index (χ0) is 14.0. The lowest BCUT2D eigenvalue weighted by Gasteiger charge is -2.08. The van der Waals surface area contributed by atoms with E-state index in [0.29, 0.717) is 4.99 Å². The average molecular weight is 274 g/mol. The van der Waals surface area contributed by atoms with Gasteiger partial charge < -0.3 is 5.73 Å². The molecule has 0 amide bonds. The molecule has 0 fully saturated rings. The average Bonchev–Trinajstić information content (AvgIpc) is 2.81. The van der Waals surface area contributed by atoms with Crippen molar-refractivity contribution in [1.29, 1.82) is 0 Å². The van der Waals surface area contributed by atoms with Gasteiger partial charge in [-0.25, -0.2) is 9.67 Å². The predicted octanol–water partition coefficient (Wildman–Crippen LogP) is 2.33. The molecule has 2 rings (SSSR count). The highest BCUT2D eigenvalue weighted by atomic mass is 32.1. The van der Waals surface area contributed by atoms with E-state index in [1.54, 1.807) is 0 Å². The summed E-state index contributed by atoms with van der Waals surface area (Å²) in [6, 6.07) is 5.97. The quantitative estimate of drug-likeness (QED) is 0.869. The van der Waals surface area contributed by atoms with E-state index in [0.717, 1.165) is 41.3 Å². The number of aromatic nitrogens is 3. The van der Waals surface area contributed by atoms with Crippen LogP contribution in [0.15, 0.2) is 18.2 Å². The van der Waals surface area contributed by atoms with E-state index in [1.165, 1.54) is 0 Å². The first kappa shape index (κ1) is 13.7. The summed E-state index contributed by atoms with van der Waals surface area (Å²) in [6.45, 7) is 6.14. The number of thiocarbonyl (C=S) groups is 1. The van der Waals surface area contributed by atoms with Crippen molar-refractivity contribution in [3.8, 4) is 5.69 Å². The number of hydrogen-bond donors (Lipinski definition) is 1. The maximum atomic E-state index is 5.68. The van der Waals surface area contributed by atoms with Gasteiger partial charge in [0, 0.05) is 18.4 Å². The van der Waals surface area contributed by atoms with Crippen molar-refractivity contribution in [1.82, 2.24) is 14.8 Å². The van der Waals surface area contributed by atoms with E-state index in [1.807, 2.05) is 29.8 Å². The number of hydrogen-bond acceptors (Lipinski definition) is 3. The second-order valence-electron chi connectivity index (χ2n) is 4.43. The van der Waals surface area contributed by atoms with Gasteiger partial charge in [0.15, 0.2) is 5.82 Å². The molecule has 4 nitrogen and oxygen atoms in total. The molecule has 0 aliphatic carbocycles. The number of nitrogens with two attached hydrogens (primary N) is 1. The Morgan fingerprint density at radius 3 is 2.58 bits per heavy atom. The van der Waals surface area contributed by atoms with Crippen LogP contribution in [0.5, 0.6) is 0 Å². The fourth-order valence-electron chi connectivity index (χ4n) is 2.03. The predicted molar refractivity (Wildman–Crippen MR) is 80.7 cm³/mol. The topological polar surface area (TPSA) is 56.7 Å². The van der Waals surface area contributed by atoms with Gasteiger partial charge in [-0.3, -0.25) is 0 Å². The van der Waals surface area contributed by atoms with Crippen LogP contribution in [-0.2, 0) is 12.8 Å². The molecule has 19 heavy (non-hydrogen) atoms. The van der Waals surface area contributed by atoms with Gasteiger partial charge in [-0.15, -0.1) is 0 Å². The first-order valence-electron chi connectivity index (χ1n) is 6.42. The molecule has 0 atom stereocenters. The van der Waals surface area contributed by atoms with Crippen LogP contribution in [0.25, 0.3) is 5.69 Å². The molecule has 0 aliphatic heterocycles. The van der Waals surface area contributed by atoms with E-state index in [2.05, 4.69) is 23.9 Å². The van der Waals surface area contributed by atoms with Gasteiger partial charge in [-0.1, -0.05) is 26.1 Å². The van der Waals surface area contributed by atoms with Crippen LogP contribution in [0.2, 0.25) is 0 Å². The van der Waals surface area contributed by atoms with E-state index in [-0.39, 0.29) is 0 Å². The summed E-state index contributed by atoms with van der Waals surface area (Å²) in [5.74, 6) is 1.84. The Hall–Kier alpha value is -1.75. The van der Waals surface area contributed by atoms with Crippen LogP contribution in [0.3, 0.4) is 0 Å². The molecule has 1 heterocycles. The SMILES string of the molecule is CCc1nc(CC)n(-c2ccc(C(N)=S)c(C)c2)n1. The Morgan fingerprint density at radius 1 is 1.32 bits per heavy atom. The van der Waals surface area contributed by atoms with Crippen LogP contribution in [0.1, 0.15) is 36.6 Å². The van der Waals surface area contributed by atoms with Crippen molar-refractivity contribution in [3.63, 3.8) is 0 Å². The molecule has 0 spiro atoms. The summed E-state index contributed by atoms with van der Waals surface area (Å²) in [6.07, 6.45) is 1.69. The maximum Gasteiger partial charge on any atom is 0.151 e. The van der Waals surface area contributed by atoms with E-state index >= 15 is 0 Å². The largest absolute Gasteiger partial charge is 0.389 e. The lowest BCUT2D eigenvalue weighted by molar-refractivity contribution is 0.790. The van der Waals surface area contributed by atoms with E-state index in [9.17, 15) is 0 Å². The third-order valence-corrected chi connectivity index (χ3v) is 3.29. The fourth-order valence-corrected chi connectivity index (χ4v) is 2.26. The van der Waals surface area contributed by atoms with Crippen molar-refractivity contribution in [2.75, 3.05) is 0 Å². The van der Waals surface area contributed by atoms with Gasteiger partial charge in [0.25, 0.3) is 0 Å². The highest BCUT2D eigenvalue weighted by Crippen LogP contribution is 2.16. The zero-order valence-corrected chi connectivity index (χ0v) is 12.3. The van der Waals surface area contributed by atoms with Crippen LogP contribution < -0.4 is 5.73 Å². The molecular formula is C14H18N4S. The molecule has 2 N–H and O–H groups in total. The van der Waals surface area contributed by atoms with Gasteiger partial charge in [0.2, 0.25) is 0 Å². The van der Waals surface area contributed by atoms with Crippen LogP contribution >= 0.6 is 12.2 Å². The molecule has 0 bridgehead atoms. The maximum absolute atomic E-state index is 5.68. The van der Waals surface area contributed by atoms with Gasteiger partial charge in [0.1, 0.15) is 10.8 Å². The molecule has 5 heteroatoms. The summed E-state index contributed by atoms with van der Waals surface area (Å²) in [5.41, 5.74) is 8.65. The third kappa shape index (κ3) is 2.66. The van der Waals surface area contributed by atoms with Gasteiger partial charge in [0.05, 0.1) is 5.69 Å². The van der Waals surface area contributed by atoms with Crippen molar-refractivity contribution >= 4 is 17.2 Å². The van der Waals surface area contributed by atoms with Crippen LogP contribution in [-0.4, -0.2) is 19.8 Å². The molecule has 1 aromatic heterocycles. The number of rotatable bonds is 4. The normalized spacial score (nSPS) is 10.7. The smallest absolute Gasteiger partial charge is 0.151 e. The number of nitrogens with zero attached hydrogens (tertiary/aromatic N) is 3. The minimum absolute atomic E-state index is 0.424. The standard InChI is InChI=1S/C14H18N4S/c1-4-12-16-13(5-2)18(17-12)10-6-7-11(14(15)19)9(3)8-10/h6-8H,4-5H2,1-3H3,(H2,15,19). The summed E-state index contributed by atoms with van der Waals surface area (Å²) < 4.78 is 1.90. The summed E-state index contributed by atoms with van der Waals surface area (Å²) in [7, 11) is 0. The Kier molecular flexibility index (Phi) is 3.95. The van der Waals surface area contributed by atoms with Crippen molar-refractivity contribution in [2.24, 2.45) is 5.73 Å². The molecule has 100 valence electrons. The first-order chi connectivity index (χ1) is 9.06. The summed E-state index contributed by atoms with van der Waals surface area (Å²) >= 11 is 5.02. The fraction of sp³-hybridized carbons (Fsp3) is 0.357. The molecule has 0 saturated carbocycles. The molecule has 2 aromatic rings. The van der Waals surface area contributed by atoms with Gasteiger partial charge in [-0.2, -0.15) is 5.10 Å². The highest BCUT2D eigenvalue weighted by molar-refractivity contribution is 7.80. The molecular weight excluding hydrogens is 256 g/mol. The Balaban J connectivity index is 2.50. The number of benzene rings is 1. The zero-order valence-electron chi connectivity index (χ0n) is 11.5. The highest BCUT2D eigenvalue weighted by Gasteiger charge is 2.10.